The molecule has 12 heavy (non-hydrogen) atoms. The minimum absolute atomic E-state index is 0.0137. The van der Waals surface area contributed by atoms with Crippen LogP contribution < -0.4 is 0 Å². The van der Waals surface area contributed by atoms with Gasteiger partial charge in [0.2, 0.25) is 0 Å². The Morgan fingerprint density at radius 3 is 2.08 bits per heavy atom. The summed E-state index contributed by atoms with van der Waals surface area (Å²) in [5.41, 5.74) is -0.0137. The van der Waals surface area contributed by atoms with E-state index < -0.39 is 0 Å². The summed E-state index contributed by atoms with van der Waals surface area (Å²) in [6.45, 7) is 4.27. The normalized spacial score (nSPS) is 32.0. The number of aliphatic hydroxyl groups is 1. The van der Waals surface area contributed by atoms with Crippen LogP contribution in [0.1, 0.15) is 39.5 Å². The van der Waals surface area contributed by atoms with Gasteiger partial charge < -0.3 is 9.84 Å². The Morgan fingerprint density at radius 1 is 1.17 bits per heavy atom. The zero-order chi connectivity index (χ0) is 9.19. The van der Waals surface area contributed by atoms with E-state index in [2.05, 4.69) is 13.8 Å². The Labute approximate surface area is 74.9 Å². The molecule has 1 N–H and O–H groups in total. The van der Waals surface area contributed by atoms with Crippen molar-refractivity contribution >= 4 is 0 Å². The second-order valence-corrected chi connectivity index (χ2v) is 4.31. The van der Waals surface area contributed by atoms with E-state index in [9.17, 15) is 5.11 Å². The van der Waals surface area contributed by atoms with Crippen LogP contribution in [-0.4, -0.2) is 23.9 Å². The van der Waals surface area contributed by atoms with Gasteiger partial charge in [-0.3, -0.25) is 0 Å². The van der Waals surface area contributed by atoms with Crippen molar-refractivity contribution in [3.63, 3.8) is 0 Å². The lowest BCUT2D eigenvalue weighted by Crippen LogP contribution is -2.36. The highest BCUT2D eigenvalue weighted by Gasteiger charge is 2.32. The maximum atomic E-state index is 9.32. The average molecular weight is 172 g/mol. The summed E-state index contributed by atoms with van der Waals surface area (Å²) in [4.78, 5) is 0. The van der Waals surface area contributed by atoms with Crippen LogP contribution in [0.15, 0.2) is 0 Å². The van der Waals surface area contributed by atoms with Crippen molar-refractivity contribution in [2.75, 3.05) is 7.11 Å². The van der Waals surface area contributed by atoms with Gasteiger partial charge in [-0.15, -0.1) is 0 Å². The minimum Gasteiger partial charge on any atom is -0.393 e. The van der Waals surface area contributed by atoms with Crippen molar-refractivity contribution < 1.29 is 9.84 Å². The molecule has 0 radical (unpaired) electrons. The number of hydrogen-bond donors (Lipinski definition) is 1. The van der Waals surface area contributed by atoms with Gasteiger partial charge in [0.25, 0.3) is 0 Å². The van der Waals surface area contributed by atoms with Gasteiger partial charge in [-0.2, -0.15) is 0 Å². The molecule has 0 heterocycles. The molecule has 0 amide bonds. The second kappa shape index (κ2) is 3.75. The van der Waals surface area contributed by atoms with Crippen LogP contribution in [0, 0.1) is 5.92 Å². The van der Waals surface area contributed by atoms with E-state index in [1.54, 1.807) is 7.11 Å². The Morgan fingerprint density at radius 2 is 1.67 bits per heavy atom. The number of hydrogen-bond acceptors (Lipinski definition) is 2. The molecule has 1 aliphatic carbocycles. The Balaban J connectivity index is 2.44. The minimum atomic E-state index is -0.0612. The Hall–Kier alpha value is -0.0800. The van der Waals surface area contributed by atoms with Gasteiger partial charge >= 0.3 is 0 Å². The van der Waals surface area contributed by atoms with Gasteiger partial charge in [0.05, 0.1) is 11.7 Å². The SMILES string of the molecule is COC(C)(C)[C@H]1CC[C@H](O)CC1. The van der Waals surface area contributed by atoms with Crippen molar-refractivity contribution in [3.05, 3.63) is 0 Å². The van der Waals surface area contributed by atoms with Crippen LogP contribution in [0.4, 0.5) is 0 Å². The molecular formula is C10H20O2. The molecule has 2 nitrogen and oxygen atoms in total. The van der Waals surface area contributed by atoms with Gasteiger partial charge in [-0.25, -0.2) is 0 Å². The lowest BCUT2D eigenvalue weighted by Gasteiger charge is -2.37. The number of rotatable bonds is 2. The molecule has 0 atom stereocenters. The predicted molar refractivity (Wildman–Crippen MR) is 49.1 cm³/mol. The van der Waals surface area contributed by atoms with Crippen molar-refractivity contribution in [1.29, 1.82) is 0 Å². The van der Waals surface area contributed by atoms with Crippen LogP contribution in [0.2, 0.25) is 0 Å². The highest BCUT2D eigenvalue weighted by molar-refractivity contribution is 4.83. The summed E-state index contributed by atoms with van der Waals surface area (Å²) < 4.78 is 5.43. The fourth-order valence-electron chi connectivity index (χ4n) is 1.94. The maximum absolute atomic E-state index is 9.32. The lowest BCUT2D eigenvalue weighted by molar-refractivity contribution is -0.0522. The molecule has 1 rings (SSSR count). The van der Waals surface area contributed by atoms with Crippen LogP contribution in [0.5, 0.6) is 0 Å². The van der Waals surface area contributed by atoms with Crippen LogP contribution in [-0.2, 0) is 4.74 Å². The molecule has 0 spiro atoms. The van der Waals surface area contributed by atoms with Crippen LogP contribution in [0.3, 0.4) is 0 Å². The first-order valence-electron chi connectivity index (χ1n) is 4.79. The molecule has 72 valence electrons. The van der Waals surface area contributed by atoms with Gasteiger partial charge in [-0.05, 0) is 45.4 Å². The van der Waals surface area contributed by atoms with E-state index in [1.807, 2.05) is 0 Å². The first-order chi connectivity index (χ1) is 5.56. The lowest BCUT2D eigenvalue weighted by atomic mass is 9.78. The maximum Gasteiger partial charge on any atom is 0.0650 e. The summed E-state index contributed by atoms with van der Waals surface area (Å²) in [6, 6.07) is 0. The quantitative estimate of drug-likeness (QED) is 0.690. The molecular weight excluding hydrogens is 152 g/mol. The molecule has 1 saturated carbocycles. The molecule has 0 unspecified atom stereocenters. The highest BCUT2D eigenvalue weighted by atomic mass is 16.5. The molecule has 0 saturated heterocycles. The van der Waals surface area contributed by atoms with E-state index in [4.69, 9.17) is 4.74 Å². The zero-order valence-electron chi connectivity index (χ0n) is 8.34. The van der Waals surface area contributed by atoms with Crippen LogP contribution >= 0.6 is 0 Å². The monoisotopic (exact) mass is 172 g/mol. The number of aliphatic hydroxyl groups excluding tert-OH is 1. The van der Waals surface area contributed by atoms with Crippen molar-refractivity contribution in [2.24, 2.45) is 5.92 Å². The molecule has 2 heteroatoms. The predicted octanol–water partition coefficient (Wildman–Crippen LogP) is 1.96. The van der Waals surface area contributed by atoms with E-state index in [0.717, 1.165) is 25.7 Å². The third kappa shape index (κ3) is 2.20. The molecule has 0 bridgehead atoms. The largest absolute Gasteiger partial charge is 0.393 e. The summed E-state index contributed by atoms with van der Waals surface area (Å²) >= 11 is 0. The third-order valence-electron chi connectivity index (χ3n) is 3.21. The fraction of sp³-hybridized carbons (Fsp3) is 1.00. The second-order valence-electron chi connectivity index (χ2n) is 4.31. The zero-order valence-corrected chi connectivity index (χ0v) is 8.34. The Bertz CT molecular complexity index is 135. The standard InChI is InChI=1S/C10H20O2/c1-10(2,12-3)8-4-6-9(11)7-5-8/h8-9,11H,4-7H2,1-3H3/t8-,9-. The van der Waals surface area contributed by atoms with E-state index in [-0.39, 0.29) is 11.7 Å². The molecule has 0 aromatic carbocycles. The van der Waals surface area contributed by atoms with E-state index >= 15 is 0 Å². The van der Waals surface area contributed by atoms with Gasteiger partial charge in [0, 0.05) is 7.11 Å². The fourth-order valence-corrected chi connectivity index (χ4v) is 1.94. The van der Waals surface area contributed by atoms with E-state index in [1.165, 1.54) is 0 Å². The van der Waals surface area contributed by atoms with Crippen molar-refractivity contribution in [2.45, 2.75) is 51.2 Å². The van der Waals surface area contributed by atoms with Crippen molar-refractivity contribution in [1.82, 2.24) is 0 Å². The molecule has 0 aromatic heterocycles. The summed E-state index contributed by atoms with van der Waals surface area (Å²) in [5.74, 6) is 0.617. The van der Waals surface area contributed by atoms with Gasteiger partial charge in [0.15, 0.2) is 0 Å². The molecule has 1 aliphatic rings. The van der Waals surface area contributed by atoms with Crippen molar-refractivity contribution in [3.8, 4) is 0 Å². The molecule has 1 fully saturated rings. The highest BCUT2D eigenvalue weighted by Crippen LogP contribution is 2.34. The first-order valence-corrected chi connectivity index (χ1v) is 4.79. The summed E-state index contributed by atoms with van der Waals surface area (Å²) in [7, 11) is 1.77. The van der Waals surface area contributed by atoms with Crippen LogP contribution in [0.25, 0.3) is 0 Å². The van der Waals surface area contributed by atoms with Gasteiger partial charge in [-0.1, -0.05) is 0 Å². The summed E-state index contributed by atoms with van der Waals surface area (Å²) in [5, 5.41) is 9.32. The Kier molecular flexibility index (Phi) is 3.13. The molecule has 0 aliphatic heterocycles. The topological polar surface area (TPSA) is 29.5 Å². The van der Waals surface area contributed by atoms with Gasteiger partial charge in [0.1, 0.15) is 0 Å². The first kappa shape index (κ1) is 10.0. The number of methoxy groups -OCH3 is 1. The summed E-state index contributed by atoms with van der Waals surface area (Å²) in [6.07, 6.45) is 4.02. The van der Waals surface area contributed by atoms with E-state index in [0.29, 0.717) is 5.92 Å². The number of ether oxygens (including phenoxy) is 1. The smallest absolute Gasteiger partial charge is 0.0650 e. The molecule has 0 aromatic rings. The third-order valence-corrected chi connectivity index (χ3v) is 3.21. The average Bonchev–Trinajstić information content (AvgIpc) is 2.05.